The minimum absolute atomic E-state index is 0.171. The number of hydrogen-bond acceptors (Lipinski definition) is 2. The molecule has 0 aliphatic rings. The molecule has 0 amide bonds. The van der Waals surface area contributed by atoms with E-state index in [1.54, 1.807) is 18.2 Å². The van der Waals surface area contributed by atoms with Crippen molar-refractivity contribution in [1.82, 2.24) is 0 Å². The zero-order chi connectivity index (χ0) is 13.8. The first-order valence-electron chi connectivity index (χ1n) is 5.99. The van der Waals surface area contributed by atoms with Gasteiger partial charge < -0.3 is 9.84 Å². The van der Waals surface area contributed by atoms with Crippen molar-refractivity contribution in [3.63, 3.8) is 0 Å². The lowest BCUT2D eigenvalue weighted by Gasteiger charge is -2.10. The molecule has 2 rings (SSSR count). The molecule has 0 fully saturated rings. The van der Waals surface area contributed by atoms with Gasteiger partial charge in [0.1, 0.15) is 5.75 Å². The molecule has 100 valence electrons. The van der Waals surface area contributed by atoms with Gasteiger partial charge in [-0.25, -0.2) is 8.78 Å². The van der Waals surface area contributed by atoms with Gasteiger partial charge in [-0.3, -0.25) is 0 Å². The Balaban J connectivity index is 2.32. The lowest BCUT2D eigenvalue weighted by molar-refractivity contribution is 0.279. The summed E-state index contributed by atoms with van der Waals surface area (Å²) >= 11 is 0. The summed E-state index contributed by atoms with van der Waals surface area (Å²) in [7, 11) is 0. The van der Waals surface area contributed by atoms with Crippen LogP contribution in [-0.4, -0.2) is 5.11 Å². The monoisotopic (exact) mass is 264 g/mol. The van der Waals surface area contributed by atoms with Crippen LogP contribution in [0.5, 0.6) is 11.5 Å². The molecule has 0 aliphatic heterocycles. The maximum absolute atomic E-state index is 13.7. The largest absolute Gasteiger partial charge is 0.451 e. The van der Waals surface area contributed by atoms with Gasteiger partial charge in [-0.2, -0.15) is 0 Å². The standard InChI is InChI=1S/C15H14F2O2/c1-2-10-4-3-5-12(6-10)19-15-13(16)7-11(9-18)8-14(15)17/h3-8,18H,2,9H2,1H3. The lowest BCUT2D eigenvalue weighted by Crippen LogP contribution is -1.96. The van der Waals surface area contributed by atoms with E-state index in [0.717, 1.165) is 24.1 Å². The summed E-state index contributed by atoms with van der Waals surface area (Å²) in [5.74, 6) is -1.73. The van der Waals surface area contributed by atoms with E-state index in [2.05, 4.69) is 0 Å². The van der Waals surface area contributed by atoms with Crippen LogP contribution in [0.1, 0.15) is 18.1 Å². The highest BCUT2D eigenvalue weighted by atomic mass is 19.1. The van der Waals surface area contributed by atoms with Crippen LogP contribution in [0, 0.1) is 11.6 Å². The summed E-state index contributed by atoms with van der Waals surface area (Å²) in [6.07, 6.45) is 0.811. The molecule has 0 unspecified atom stereocenters. The number of halogens is 2. The Hall–Kier alpha value is -1.94. The van der Waals surface area contributed by atoms with Gasteiger partial charge in [0.2, 0.25) is 0 Å². The van der Waals surface area contributed by atoms with Crippen LogP contribution in [0.2, 0.25) is 0 Å². The molecule has 1 N–H and O–H groups in total. The van der Waals surface area contributed by atoms with Crippen LogP contribution in [-0.2, 0) is 13.0 Å². The molecule has 0 atom stereocenters. The van der Waals surface area contributed by atoms with Crippen molar-refractivity contribution in [3.05, 3.63) is 59.2 Å². The second-order valence-corrected chi connectivity index (χ2v) is 4.15. The van der Waals surface area contributed by atoms with Crippen molar-refractivity contribution in [2.24, 2.45) is 0 Å². The number of hydrogen-bond donors (Lipinski definition) is 1. The molecule has 0 bridgehead atoms. The molecular weight excluding hydrogens is 250 g/mol. The fourth-order valence-corrected chi connectivity index (χ4v) is 1.75. The Morgan fingerprint density at radius 3 is 2.32 bits per heavy atom. The molecule has 0 aliphatic carbocycles. The van der Waals surface area contributed by atoms with Crippen molar-refractivity contribution < 1.29 is 18.6 Å². The summed E-state index contributed by atoms with van der Waals surface area (Å²) in [5.41, 5.74) is 1.19. The zero-order valence-corrected chi connectivity index (χ0v) is 10.5. The minimum atomic E-state index is -0.828. The number of ether oxygens (including phenoxy) is 1. The van der Waals surface area contributed by atoms with Gasteiger partial charge in [-0.05, 0) is 41.8 Å². The average Bonchev–Trinajstić information content (AvgIpc) is 2.42. The number of rotatable bonds is 4. The molecule has 2 nitrogen and oxygen atoms in total. The molecule has 0 spiro atoms. The van der Waals surface area contributed by atoms with Gasteiger partial charge in [-0.1, -0.05) is 19.1 Å². The molecule has 2 aromatic rings. The molecule has 0 heterocycles. The first kappa shape index (κ1) is 13.5. The number of aliphatic hydroxyl groups is 1. The molecule has 0 aromatic heterocycles. The van der Waals surface area contributed by atoms with Crippen molar-refractivity contribution in [3.8, 4) is 11.5 Å². The molecule has 0 radical (unpaired) electrons. The Morgan fingerprint density at radius 2 is 1.74 bits per heavy atom. The Kier molecular flexibility index (Phi) is 4.12. The van der Waals surface area contributed by atoms with Gasteiger partial charge >= 0.3 is 0 Å². The van der Waals surface area contributed by atoms with E-state index in [1.165, 1.54) is 0 Å². The van der Waals surface area contributed by atoms with E-state index in [0.29, 0.717) is 5.75 Å². The normalized spacial score (nSPS) is 10.5. The summed E-state index contributed by atoms with van der Waals surface area (Å²) in [6, 6.07) is 9.17. The third kappa shape index (κ3) is 3.09. The highest BCUT2D eigenvalue weighted by Gasteiger charge is 2.13. The highest BCUT2D eigenvalue weighted by Crippen LogP contribution is 2.29. The van der Waals surface area contributed by atoms with E-state index in [9.17, 15) is 8.78 Å². The highest BCUT2D eigenvalue weighted by molar-refractivity contribution is 5.37. The molecule has 4 heteroatoms. The van der Waals surface area contributed by atoms with Crippen molar-refractivity contribution in [2.75, 3.05) is 0 Å². The fraction of sp³-hybridized carbons (Fsp3) is 0.200. The van der Waals surface area contributed by atoms with E-state index >= 15 is 0 Å². The predicted molar refractivity (Wildman–Crippen MR) is 68.2 cm³/mol. The van der Waals surface area contributed by atoms with Gasteiger partial charge in [0.25, 0.3) is 0 Å². The molecule has 2 aromatic carbocycles. The van der Waals surface area contributed by atoms with E-state index in [1.807, 2.05) is 13.0 Å². The van der Waals surface area contributed by atoms with E-state index < -0.39 is 24.0 Å². The summed E-state index contributed by atoms with van der Waals surface area (Å²) < 4.78 is 32.6. The van der Waals surface area contributed by atoms with Crippen LogP contribution in [0.25, 0.3) is 0 Å². The Labute approximate surface area is 110 Å². The number of benzene rings is 2. The van der Waals surface area contributed by atoms with E-state index in [4.69, 9.17) is 9.84 Å². The SMILES string of the molecule is CCc1cccc(Oc2c(F)cc(CO)cc2F)c1. The maximum atomic E-state index is 13.7. The minimum Gasteiger partial charge on any atom is -0.451 e. The van der Waals surface area contributed by atoms with Gasteiger partial charge in [-0.15, -0.1) is 0 Å². The summed E-state index contributed by atoms with van der Waals surface area (Å²) in [6.45, 7) is 1.57. The molecule has 0 saturated heterocycles. The van der Waals surface area contributed by atoms with Crippen molar-refractivity contribution in [2.45, 2.75) is 20.0 Å². The predicted octanol–water partition coefficient (Wildman–Crippen LogP) is 3.81. The Bertz CT molecular complexity index is 559. The van der Waals surface area contributed by atoms with E-state index in [-0.39, 0.29) is 5.56 Å². The fourth-order valence-electron chi connectivity index (χ4n) is 1.75. The van der Waals surface area contributed by atoms with Crippen LogP contribution in [0.3, 0.4) is 0 Å². The van der Waals surface area contributed by atoms with Crippen LogP contribution >= 0.6 is 0 Å². The summed E-state index contributed by atoms with van der Waals surface area (Å²) in [4.78, 5) is 0. The molecule has 0 saturated carbocycles. The first-order chi connectivity index (χ1) is 9.13. The average molecular weight is 264 g/mol. The van der Waals surface area contributed by atoms with Crippen LogP contribution in [0.4, 0.5) is 8.78 Å². The quantitative estimate of drug-likeness (QED) is 0.909. The Morgan fingerprint density at radius 1 is 1.05 bits per heavy atom. The first-order valence-corrected chi connectivity index (χ1v) is 5.99. The summed E-state index contributed by atoms with van der Waals surface area (Å²) in [5, 5.41) is 8.86. The number of aryl methyl sites for hydroxylation is 1. The second-order valence-electron chi connectivity index (χ2n) is 4.15. The maximum Gasteiger partial charge on any atom is 0.198 e. The van der Waals surface area contributed by atoms with Crippen molar-refractivity contribution >= 4 is 0 Å². The lowest BCUT2D eigenvalue weighted by atomic mass is 10.1. The molecular formula is C15H14F2O2. The van der Waals surface area contributed by atoms with Crippen LogP contribution < -0.4 is 4.74 Å². The second kappa shape index (κ2) is 5.80. The zero-order valence-electron chi connectivity index (χ0n) is 10.5. The third-order valence-electron chi connectivity index (χ3n) is 2.77. The molecule has 19 heavy (non-hydrogen) atoms. The van der Waals surface area contributed by atoms with Crippen LogP contribution in [0.15, 0.2) is 36.4 Å². The van der Waals surface area contributed by atoms with Gasteiger partial charge in [0, 0.05) is 0 Å². The third-order valence-corrected chi connectivity index (χ3v) is 2.77. The smallest absolute Gasteiger partial charge is 0.198 e. The number of aliphatic hydroxyl groups excluding tert-OH is 1. The van der Waals surface area contributed by atoms with Gasteiger partial charge in [0.05, 0.1) is 6.61 Å². The topological polar surface area (TPSA) is 29.5 Å². The van der Waals surface area contributed by atoms with Gasteiger partial charge in [0.15, 0.2) is 17.4 Å². The van der Waals surface area contributed by atoms with Crippen molar-refractivity contribution in [1.29, 1.82) is 0 Å².